The van der Waals surface area contributed by atoms with Crippen LogP contribution in [0, 0.1) is 6.92 Å². The van der Waals surface area contributed by atoms with Crippen molar-refractivity contribution in [2.24, 2.45) is 0 Å². The summed E-state index contributed by atoms with van der Waals surface area (Å²) in [5.74, 6) is 1.16. The lowest BCUT2D eigenvalue weighted by Crippen LogP contribution is -2.28. The van der Waals surface area contributed by atoms with Crippen molar-refractivity contribution in [3.8, 4) is 5.75 Å². The van der Waals surface area contributed by atoms with Crippen molar-refractivity contribution in [1.29, 1.82) is 0 Å². The van der Waals surface area contributed by atoms with Crippen LogP contribution in [0.5, 0.6) is 5.75 Å². The minimum absolute atomic E-state index is 0.0326. The zero-order chi connectivity index (χ0) is 18.3. The monoisotopic (exact) mass is 369 g/mol. The van der Waals surface area contributed by atoms with Gasteiger partial charge in [-0.1, -0.05) is 12.1 Å². The minimum Gasteiger partial charge on any atom is -0.495 e. The van der Waals surface area contributed by atoms with Crippen LogP contribution < -0.4 is 15.6 Å². The molecule has 1 aliphatic rings. The van der Waals surface area contributed by atoms with E-state index < -0.39 is 0 Å². The van der Waals surface area contributed by atoms with Crippen LogP contribution in [-0.2, 0) is 13.0 Å². The molecule has 1 N–H and O–H groups in total. The van der Waals surface area contributed by atoms with E-state index in [4.69, 9.17) is 4.74 Å². The maximum absolute atomic E-state index is 12.9. The van der Waals surface area contributed by atoms with Gasteiger partial charge in [-0.3, -0.25) is 14.2 Å². The second-order valence-electron chi connectivity index (χ2n) is 6.33. The molecule has 0 fully saturated rings. The molecular weight excluding hydrogens is 350 g/mol. The highest BCUT2D eigenvalue weighted by molar-refractivity contribution is 7.20. The summed E-state index contributed by atoms with van der Waals surface area (Å²) in [5, 5.41) is 3.44. The summed E-state index contributed by atoms with van der Waals surface area (Å²) in [7, 11) is 1.56. The highest BCUT2D eigenvalue weighted by Crippen LogP contribution is 2.30. The number of anilines is 1. The van der Waals surface area contributed by atoms with E-state index in [0.717, 1.165) is 25.1 Å². The molecular formula is C19H19N3O3S. The molecule has 0 spiro atoms. The molecule has 0 bridgehead atoms. The van der Waals surface area contributed by atoms with Crippen LogP contribution in [-0.4, -0.2) is 22.6 Å². The molecule has 1 aliphatic heterocycles. The first kappa shape index (κ1) is 16.8. The molecule has 4 rings (SSSR count). The van der Waals surface area contributed by atoms with Crippen molar-refractivity contribution >= 4 is 33.1 Å². The number of amides is 1. The van der Waals surface area contributed by atoms with Gasteiger partial charge in [0.15, 0.2) is 0 Å². The van der Waals surface area contributed by atoms with E-state index in [0.29, 0.717) is 38.6 Å². The first-order valence-electron chi connectivity index (χ1n) is 8.57. The molecule has 2 aromatic heterocycles. The number of carbonyl (C=O) groups excluding carboxylic acids is 1. The minimum atomic E-state index is -0.252. The predicted octanol–water partition coefficient (Wildman–Crippen LogP) is 3.36. The normalized spacial score (nSPS) is 13.5. The molecule has 0 saturated carbocycles. The van der Waals surface area contributed by atoms with Crippen LogP contribution in [0.15, 0.2) is 29.1 Å². The highest BCUT2D eigenvalue weighted by atomic mass is 32.1. The molecule has 6 nitrogen and oxygen atoms in total. The van der Waals surface area contributed by atoms with Gasteiger partial charge in [0.2, 0.25) is 0 Å². The molecule has 3 aromatic rings. The van der Waals surface area contributed by atoms with Crippen molar-refractivity contribution in [3.63, 3.8) is 0 Å². The van der Waals surface area contributed by atoms with Gasteiger partial charge in [0.05, 0.1) is 23.1 Å². The Hall–Kier alpha value is -2.67. The maximum atomic E-state index is 12.9. The van der Waals surface area contributed by atoms with E-state index in [9.17, 15) is 9.59 Å². The van der Waals surface area contributed by atoms with Gasteiger partial charge in [-0.25, -0.2) is 4.98 Å². The van der Waals surface area contributed by atoms with Gasteiger partial charge in [0.1, 0.15) is 16.4 Å². The van der Waals surface area contributed by atoms with E-state index in [-0.39, 0.29) is 11.5 Å². The fourth-order valence-electron chi connectivity index (χ4n) is 3.38. The Morgan fingerprint density at radius 2 is 2.12 bits per heavy atom. The van der Waals surface area contributed by atoms with Crippen LogP contribution in [0.2, 0.25) is 0 Å². The number of hydrogen-bond donors (Lipinski definition) is 1. The Labute approximate surface area is 154 Å². The molecule has 26 heavy (non-hydrogen) atoms. The van der Waals surface area contributed by atoms with Crippen molar-refractivity contribution in [1.82, 2.24) is 9.55 Å². The topological polar surface area (TPSA) is 73.2 Å². The number of nitrogens with one attached hydrogen (secondary N) is 1. The van der Waals surface area contributed by atoms with Crippen LogP contribution in [0.1, 0.15) is 33.9 Å². The van der Waals surface area contributed by atoms with Crippen molar-refractivity contribution in [3.05, 3.63) is 50.9 Å². The number of fused-ring (bicyclic) bond motifs is 2. The van der Waals surface area contributed by atoms with E-state index in [2.05, 4.69) is 10.3 Å². The number of benzene rings is 1. The van der Waals surface area contributed by atoms with Gasteiger partial charge in [-0.05, 0) is 37.5 Å². The lowest BCUT2D eigenvalue weighted by atomic mass is 10.1. The summed E-state index contributed by atoms with van der Waals surface area (Å²) in [5.41, 5.74) is 1.26. The molecule has 134 valence electrons. The highest BCUT2D eigenvalue weighted by Gasteiger charge is 2.23. The second-order valence-corrected chi connectivity index (χ2v) is 7.33. The van der Waals surface area contributed by atoms with E-state index in [1.807, 2.05) is 19.1 Å². The Kier molecular flexibility index (Phi) is 4.24. The zero-order valence-corrected chi connectivity index (χ0v) is 15.5. The van der Waals surface area contributed by atoms with Gasteiger partial charge in [-0.2, -0.15) is 0 Å². The third kappa shape index (κ3) is 2.68. The number of carbonyl (C=O) groups is 1. The first-order valence-corrected chi connectivity index (χ1v) is 9.39. The number of para-hydroxylation sites is 2. The molecule has 7 heteroatoms. The van der Waals surface area contributed by atoms with Gasteiger partial charge in [0.25, 0.3) is 11.5 Å². The first-order chi connectivity index (χ1) is 12.6. The summed E-state index contributed by atoms with van der Waals surface area (Å²) >= 11 is 1.27. The van der Waals surface area contributed by atoms with E-state index in [1.165, 1.54) is 11.3 Å². The number of aryl methyl sites for hydroxylation is 2. The Bertz CT molecular complexity index is 1070. The largest absolute Gasteiger partial charge is 0.495 e. The molecule has 0 unspecified atom stereocenters. The molecule has 3 heterocycles. The Balaban J connectivity index is 1.77. The Morgan fingerprint density at radius 3 is 2.92 bits per heavy atom. The zero-order valence-electron chi connectivity index (χ0n) is 14.7. The third-order valence-corrected chi connectivity index (χ3v) is 5.91. The fourth-order valence-corrected chi connectivity index (χ4v) is 4.46. The van der Waals surface area contributed by atoms with Crippen molar-refractivity contribution in [2.45, 2.75) is 32.7 Å². The number of nitrogens with zero attached hydrogens (tertiary/aromatic N) is 2. The van der Waals surface area contributed by atoms with Crippen LogP contribution in [0.4, 0.5) is 5.69 Å². The number of thiophene rings is 1. The van der Waals surface area contributed by atoms with Gasteiger partial charge < -0.3 is 10.1 Å². The molecule has 0 atom stereocenters. The maximum Gasteiger partial charge on any atom is 0.266 e. The quantitative estimate of drug-likeness (QED) is 0.768. The summed E-state index contributed by atoms with van der Waals surface area (Å²) in [6.45, 7) is 2.52. The van der Waals surface area contributed by atoms with Crippen LogP contribution in [0.25, 0.3) is 10.2 Å². The lowest BCUT2D eigenvalue weighted by molar-refractivity contribution is 0.102. The number of ether oxygens (including phenoxy) is 1. The van der Waals surface area contributed by atoms with Gasteiger partial charge in [-0.15, -0.1) is 11.3 Å². The van der Waals surface area contributed by atoms with Crippen molar-refractivity contribution in [2.75, 3.05) is 12.4 Å². The summed E-state index contributed by atoms with van der Waals surface area (Å²) in [6, 6.07) is 7.24. The Morgan fingerprint density at radius 1 is 1.31 bits per heavy atom. The van der Waals surface area contributed by atoms with Gasteiger partial charge in [0, 0.05) is 13.0 Å². The SMILES string of the molecule is COc1ccccc1NC(=O)c1sc2nc3n(c(=O)c2c1C)CCCC3. The molecule has 1 aromatic carbocycles. The average Bonchev–Trinajstić information content (AvgIpc) is 2.99. The third-order valence-electron chi connectivity index (χ3n) is 4.72. The van der Waals surface area contributed by atoms with Gasteiger partial charge >= 0.3 is 0 Å². The fraction of sp³-hybridized carbons (Fsp3) is 0.316. The second kappa shape index (κ2) is 6.57. The summed E-state index contributed by atoms with van der Waals surface area (Å²) < 4.78 is 7.04. The molecule has 1 amide bonds. The standard InChI is InChI=1S/C19H19N3O3S/c1-11-15-18(21-14-9-5-6-10-22(14)19(15)24)26-16(11)17(23)20-12-7-3-4-8-13(12)25-2/h3-4,7-8H,5-6,9-10H2,1-2H3,(H,20,23). The van der Waals surface area contributed by atoms with Crippen LogP contribution >= 0.6 is 11.3 Å². The average molecular weight is 369 g/mol. The summed E-state index contributed by atoms with van der Waals surface area (Å²) in [6.07, 6.45) is 2.85. The number of hydrogen-bond acceptors (Lipinski definition) is 5. The molecule has 0 saturated heterocycles. The van der Waals surface area contributed by atoms with Crippen LogP contribution in [0.3, 0.4) is 0 Å². The number of aromatic nitrogens is 2. The number of rotatable bonds is 3. The summed E-state index contributed by atoms with van der Waals surface area (Å²) in [4.78, 5) is 31.5. The predicted molar refractivity (Wildman–Crippen MR) is 103 cm³/mol. The smallest absolute Gasteiger partial charge is 0.266 e. The molecule has 0 radical (unpaired) electrons. The van der Waals surface area contributed by atoms with Crippen molar-refractivity contribution < 1.29 is 9.53 Å². The van der Waals surface area contributed by atoms with E-state index >= 15 is 0 Å². The molecule has 0 aliphatic carbocycles. The van der Waals surface area contributed by atoms with E-state index in [1.54, 1.807) is 23.8 Å². The lowest BCUT2D eigenvalue weighted by Gasteiger charge is -2.16. The number of methoxy groups -OCH3 is 1.